The van der Waals surface area contributed by atoms with Crippen molar-refractivity contribution in [1.29, 1.82) is 0 Å². The molecule has 3 rings (SSSR count). The summed E-state index contributed by atoms with van der Waals surface area (Å²) in [4.78, 5) is 18.3. The van der Waals surface area contributed by atoms with Crippen LogP contribution >= 0.6 is 31.9 Å². The second kappa shape index (κ2) is 7.47. The molecule has 150 valence electrons. The van der Waals surface area contributed by atoms with Crippen LogP contribution in [0.4, 0.5) is 13.2 Å². The van der Waals surface area contributed by atoms with Crippen LogP contribution < -0.4 is 0 Å². The molecule has 3 aromatic heterocycles. The van der Waals surface area contributed by atoms with Gasteiger partial charge in [-0.3, -0.25) is 9.48 Å². The first-order valence-electron chi connectivity index (χ1n) is 8.13. The number of rotatable bonds is 4. The molecule has 3 heterocycles. The lowest BCUT2D eigenvalue weighted by Gasteiger charge is -2.17. The molecule has 0 aliphatic rings. The molecule has 0 bridgehead atoms. The van der Waals surface area contributed by atoms with Crippen molar-refractivity contribution in [3.05, 3.63) is 44.0 Å². The molecule has 0 N–H and O–H groups in total. The second-order valence-corrected chi connectivity index (χ2v) is 7.74. The SMILES string of the molecule is CCn1ncc(Br)c1CN(C)C(=O)c1nn2c(C(F)(F)F)cc(C)nc2c1Br. The molecule has 0 spiro atoms. The minimum absolute atomic E-state index is 0.0659. The fourth-order valence-electron chi connectivity index (χ4n) is 2.75. The van der Waals surface area contributed by atoms with Crippen LogP contribution in [-0.2, 0) is 19.3 Å². The van der Waals surface area contributed by atoms with Gasteiger partial charge in [0.2, 0.25) is 0 Å². The molecule has 0 radical (unpaired) electrons. The third-order valence-corrected chi connectivity index (χ3v) is 5.48. The van der Waals surface area contributed by atoms with Gasteiger partial charge < -0.3 is 4.90 Å². The van der Waals surface area contributed by atoms with Crippen LogP contribution in [0.3, 0.4) is 0 Å². The van der Waals surface area contributed by atoms with Gasteiger partial charge in [0.15, 0.2) is 11.3 Å². The Hall–Kier alpha value is -1.95. The lowest BCUT2D eigenvalue weighted by molar-refractivity contribution is -0.142. The first-order chi connectivity index (χ1) is 13.0. The summed E-state index contributed by atoms with van der Waals surface area (Å²) in [6.07, 6.45) is -3.01. The van der Waals surface area contributed by atoms with Crippen LogP contribution in [-0.4, -0.2) is 42.2 Å². The van der Waals surface area contributed by atoms with E-state index in [-0.39, 0.29) is 28.1 Å². The highest BCUT2D eigenvalue weighted by Crippen LogP contribution is 2.32. The molecule has 28 heavy (non-hydrogen) atoms. The maximum absolute atomic E-state index is 13.4. The number of aryl methyl sites for hydroxylation is 2. The van der Waals surface area contributed by atoms with Gasteiger partial charge in [-0.1, -0.05) is 0 Å². The molecular formula is C16H15Br2F3N6O. The zero-order chi connectivity index (χ0) is 20.8. The number of amides is 1. The van der Waals surface area contributed by atoms with E-state index in [1.165, 1.54) is 11.8 Å². The standard InChI is InChI=1S/C16H15Br2F3N6O/c1-4-26-10(9(17)6-22-26)7-25(3)15(28)13-12(18)14-23-8(2)5-11(16(19,20)21)27(14)24-13/h5-6H,4,7H2,1-3H3. The highest BCUT2D eigenvalue weighted by molar-refractivity contribution is 9.11. The molecule has 0 saturated carbocycles. The van der Waals surface area contributed by atoms with Crippen molar-refractivity contribution in [2.24, 2.45) is 0 Å². The van der Waals surface area contributed by atoms with Crippen molar-refractivity contribution in [3.8, 4) is 0 Å². The molecule has 0 aliphatic carbocycles. The number of hydrogen-bond acceptors (Lipinski definition) is 4. The van der Waals surface area contributed by atoms with Gasteiger partial charge in [-0.25, -0.2) is 9.50 Å². The summed E-state index contributed by atoms with van der Waals surface area (Å²) >= 11 is 6.58. The average molecular weight is 524 g/mol. The highest BCUT2D eigenvalue weighted by atomic mass is 79.9. The molecule has 0 aliphatic heterocycles. The fraction of sp³-hybridized carbons (Fsp3) is 0.375. The number of halogens is 5. The number of carbonyl (C=O) groups excluding carboxylic acids is 1. The number of fused-ring (bicyclic) bond motifs is 1. The first-order valence-corrected chi connectivity index (χ1v) is 9.71. The van der Waals surface area contributed by atoms with Gasteiger partial charge in [-0.05, 0) is 51.8 Å². The predicted octanol–water partition coefficient (Wildman–Crippen LogP) is 4.07. The van der Waals surface area contributed by atoms with E-state index in [1.807, 2.05) is 6.92 Å². The maximum Gasteiger partial charge on any atom is 0.433 e. The normalized spacial score (nSPS) is 12.0. The average Bonchev–Trinajstić information content (AvgIpc) is 3.13. The van der Waals surface area contributed by atoms with Gasteiger partial charge in [0.05, 0.1) is 27.4 Å². The molecule has 0 atom stereocenters. The van der Waals surface area contributed by atoms with Crippen LogP contribution in [0.1, 0.15) is 34.5 Å². The van der Waals surface area contributed by atoms with Crippen molar-refractivity contribution in [2.75, 3.05) is 7.05 Å². The maximum atomic E-state index is 13.4. The Balaban J connectivity index is 2.02. The van der Waals surface area contributed by atoms with E-state index in [0.717, 1.165) is 16.2 Å². The summed E-state index contributed by atoms with van der Waals surface area (Å²) in [5.41, 5.74) is -0.274. The van der Waals surface area contributed by atoms with Crippen molar-refractivity contribution in [2.45, 2.75) is 33.1 Å². The van der Waals surface area contributed by atoms with Crippen LogP contribution in [0, 0.1) is 6.92 Å². The van der Waals surface area contributed by atoms with E-state index in [9.17, 15) is 18.0 Å². The second-order valence-electron chi connectivity index (χ2n) is 6.09. The largest absolute Gasteiger partial charge is 0.433 e. The van der Waals surface area contributed by atoms with E-state index < -0.39 is 17.8 Å². The van der Waals surface area contributed by atoms with Crippen molar-refractivity contribution in [1.82, 2.24) is 29.3 Å². The summed E-state index contributed by atoms with van der Waals surface area (Å²) in [5, 5.41) is 8.08. The Morgan fingerprint density at radius 1 is 1.32 bits per heavy atom. The highest BCUT2D eigenvalue weighted by Gasteiger charge is 2.36. The smallest absolute Gasteiger partial charge is 0.334 e. The van der Waals surface area contributed by atoms with Crippen LogP contribution in [0.5, 0.6) is 0 Å². The van der Waals surface area contributed by atoms with Crippen LogP contribution in [0.15, 0.2) is 21.2 Å². The summed E-state index contributed by atoms with van der Waals surface area (Å²) in [5.74, 6) is -0.543. The molecule has 7 nitrogen and oxygen atoms in total. The molecular weight excluding hydrogens is 509 g/mol. The number of hydrogen-bond donors (Lipinski definition) is 0. The molecule has 0 fully saturated rings. The summed E-state index contributed by atoms with van der Waals surface area (Å²) < 4.78 is 43.3. The third kappa shape index (κ3) is 3.66. The monoisotopic (exact) mass is 522 g/mol. The Bertz CT molecular complexity index is 1060. The quantitative estimate of drug-likeness (QED) is 0.517. The van der Waals surface area contributed by atoms with Gasteiger partial charge in [0.25, 0.3) is 5.91 Å². The van der Waals surface area contributed by atoms with E-state index in [4.69, 9.17) is 0 Å². The van der Waals surface area contributed by atoms with Crippen molar-refractivity contribution < 1.29 is 18.0 Å². The number of aromatic nitrogens is 5. The molecule has 0 saturated heterocycles. The number of carbonyl (C=O) groups is 1. The summed E-state index contributed by atoms with van der Waals surface area (Å²) in [7, 11) is 1.54. The topological polar surface area (TPSA) is 68.3 Å². The van der Waals surface area contributed by atoms with Crippen molar-refractivity contribution in [3.63, 3.8) is 0 Å². The Morgan fingerprint density at radius 2 is 2.00 bits per heavy atom. The van der Waals surface area contributed by atoms with Crippen LogP contribution in [0.2, 0.25) is 0 Å². The van der Waals surface area contributed by atoms with E-state index in [1.54, 1.807) is 17.9 Å². The molecule has 3 aromatic rings. The lowest BCUT2D eigenvalue weighted by Crippen LogP contribution is -2.28. The summed E-state index contributed by atoms with van der Waals surface area (Å²) in [6.45, 7) is 4.17. The lowest BCUT2D eigenvalue weighted by atomic mass is 10.3. The minimum Gasteiger partial charge on any atom is -0.334 e. The molecule has 1 amide bonds. The van der Waals surface area contributed by atoms with Gasteiger partial charge in [0, 0.05) is 19.3 Å². The molecule has 0 aromatic carbocycles. The predicted molar refractivity (Wildman–Crippen MR) is 102 cm³/mol. The summed E-state index contributed by atoms with van der Waals surface area (Å²) in [6, 6.07) is 0.890. The van der Waals surface area contributed by atoms with E-state index in [0.29, 0.717) is 11.1 Å². The fourth-order valence-corrected chi connectivity index (χ4v) is 3.67. The van der Waals surface area contributed by atoms with Gasteiger partial charge in [-0.2, -0.15) is 23.4 Å². The zero-order valence-corrected chi connectivity index (χ0v) is 18.2. The van der Waals surface area contributed by atoms with Gasteiger partial charge >= 0.3 is 6.18 Å². The Morgan fingerprint density at radius 3 is 2.61 bits per heavy atom. The van der Waals surface area contributed by atoms with Gasteiger partial charge in [-0.15, -0.1) is 0 Å². The molecule has 0 unspecified atom stereocenters. The number of nitrogens with zero attached hydrogens (tertiary/aromatic N) is 6. The first kappa shape index (κ1) is 20.8. The van der Waals surface area contributed by atoms with Crippen LogP contribution in [0.25, 0.3) is 5.65 Å². The van der Waals surface area contributed by atoms with E-state index in [2.05, 4.69) is 47.0 Å². The Kier molecular flexibility index (Phi) is 5.54. The Labute approximate surface area is 174 Å². The number of alkyl halides is 3. The van der Waals surface area contributed by atoms with Gasteiger partial charge in [0.1, 0.15) is 5.69 Å². The zero-order valence-electron chi connectivity index (χ0n) is 15.1. The molecule has 12 heteroatoms. The van der Waals surface area contributed by atoms with E-state index >= 15 is 0 Å². The minimum atomic E-state index is -4.64. The third-order valence-electron chi connectivity index (χ3n) is 4.08. The van der Waals surface area contributed by atoms with Crippen molar-refractivity contribution >= 4 is 43.4 Å².